The van der Waals surface area contributed by atoms with Crippen molar-refractivity contribution >= 4 is 15.9 Å². The number of halogens is 1. The first-order chi connectivity index (χ1) is 9.20. The topological polar surface area (TPSA) is 30.5 Å². The lowest BCUT2D eigenvalue weighted by atomic mass is 10.1. The highest BCUT2D eigenvalue weighted by atomic mass is 79.9. The van der Waals surface area contributed by atoms with Crippen LogP contribution in [0.2, 0.25) is 0 Å². The summed E-state index contributed by atoms with van der Waals surface area (Å²) in [5.41, 5.74) is 1.20. The molecule has 0 aromatic heterocycles. The lowest BCUT2D eigenvalue weighted by Crippen LogP contribution is -2.20. The van der Waals surface area contributed by atoms with E-state index in [0.29, 0.717) is 6.61 Å². The molecule has 0 bridgehead atoms. The second-order valence-electron chi connectivity index (χ2n) is 4.91. The molecule has 1 aromatic rings. The van der Waals surface area contributed by atoms with E-state index in [1.165, 1.54) is 5.56 Å². The second kappa shape index (κ2) is 7.27. The summed E-state index contributed by atoms with van der Waals surface area (Å²) >= 11 is 3.51. The average molecular weight is 328 g/mol. The highest BCUT2D eigenvalue weighted by molar-refractivity contribution is 9.10. The van der Waals surface area contributed by atoms with Crippen LogP contribution in [-0.4, -0.2) is 25.9 Å². The Morgan fingerprint density at radius 2 is 2.37 bits per heavy atom. The first kappa shape index (κ1) is 14.8. The van der Waals surface area contributed by atoms with Crippen LogP contribution in [0.4, 0.5) is 0 Å². The predicted molar refractivity (Wildman–Crippen MR) is 80.7 cm³/mol. The fraction of sp³-hybridized carbons (Fsp3) is 0.600. The van der Waals surface area contributed by atoms with Crippen molar-refractivity contribution in [1.29, 1.82) is 0 Å². The van der Waals surface area contributed by atoms with Crippen LogP contribution in [0.3, 0.4) is 0 Å². The summed E-state index contributed by atoms with van der Waals surface area (Å²) in [7, 11) is 0. The van der Waals surface area contributed by atoms with Gasteiger partial charge in [0, 0.05) is 22.7 Å². The van der Waals surface area contributed by atoms with E-state index in [1.807, 2.05) is 6.07 Å². The van der Waals surface area contributed by atoms with E-state index >= 15 is 0 Å². The Kier molecular flexibility index (Phi) is 5.67. The minimum atomic E-state index is 0.251. The molecule has 2 rings (SSSR count). The zero-order valence-corrected chi connectivity index (χ0v) is 13.2. The van der Waals surface area contributed by atoms with E-state index in [1.54, 1.807) is 0 Å². The number of hydrogen-bond donors (Lipinski definition) is 1. The number of nitrogens with one attached hydrogen (secondary N) is 1. The van der Waals surface area contributed by atoms with Crippen molar-refractivity contribution in [3.05, 3.63) is 28.2 Å². The van der Waals surface area contributed by atoms with Gasteiger partial charge in [-0.05, 0) is 38.4 Å². The van der Waals surface area contributed by atoms with E-state index < -0.39 is 0 Å². The van der Waals surface area contributed by atoms with Crippen LogP contribution in [0.1, 0.15) is 38.3 Å². The molecule has 4 heteroatoms. The van der Waals surface area contributed by atoms with Crippen LogP contribution in [0, 0.1) is 0 Å². The SMILES string of the molecule is CCNC(C)c1ccc(Br)cc1OCC1CCCO1. The normalized spacial score (nSPS) is 20.5. The lowest BCUT2D eigenvalue weighted by molar-refractivity contribution is 0.0674. The molecule has 0 amide bonds. The van der Waals surface area contributed by atoms with E-state index in [9.17, 15) is 0 Å². The van der Waals surface area contributed by atoms with Crippen LogP contribution < -0.4 is 10.1 Å². The van der Waals surface area contributed by atoms with Gasteiger partial charge in [-0.2, -0.15) is 0 Å². The van der Waals surface area contributed by atoms with Gasteiger partial charge in [-0.25, -0.2) is 0 Å². The molecule has 0 saturated carbocycles. The first-order valence-electron chi connectivity index (χ1n) is 6.98. The number of hydrogen-bond acceptors (Lipinski definition) is 3. The molecule has 1 saturated heterocycles. The standard InChI is InChI=1S/C15H22BrNO2/c1-3-17-11(2)14-7-6-12(16)9-15(14)19-10-13-5-4-8-18-13/h6-7,9,11,13,17H,3-5,8,10H2,1-2H3. The lowest BCUT2D eigenvalue weighted by Gasteiger charge is -2.19. The minimum absolute atomic E-state index is 0.251. The van der Waals surface area contributed by atoms with Crippen LogP contribution in [0.15, 0.2) is 22.7 Å². The molecule has 19 heavy (non-hydrogen) atoms. The van der Waals surface area contributed by atoms with Gasteiger partial charge in [0.2, 0.25) is 0 Å². The zero-order valence-electron chi connectivity index (χ0n) is 11.6. The maximum absolute atomic E-state index is 5.97. The van der Waals surface area contributed by atoms with Crippen LogP contribution in [-0.2, 0) is 4.74 Å². The molecule has 3 nitrogen and oxygen atoms in total. The maximum Gasteiger partial charge on any atom is 0.125 e. The van der Waals surface area contributed by atoms with E-state index in [2.05, 4.69) is 47.2 Å². The Balaban J connectivity index is 2.05. The first-order valence-corrected chi connectivity index (χ1v) is 7.77. The Morgan fingerprint density at radius 1 is 1.53 bits per heavy atom. The third-order valence-electron chi connectivity index (χ3n) is 3.40. The van der Waals surface area contributed by atoms with Crippen molar-refractivity contribution in [2.24, 2.45) is 0 Å². The minimum Gasteiger partial charge on any atom is -0.490 e. The van der Waals surface area contributed by atoms with Gasteiger partial charge in [0.15, 0.2) is 0 Å². The molecule has 1 aromatic carbocycles. The van der Waals surface area contributed by atoms with Gasteiger partial charge in [0.1, 0.15) is 12.4 Å². The average Bonchev–Trinajstić information content (AvgIpc) is 2.89. The number of ether oxygens (including phenoxy) is 2. The number of rotatable bonds is 6. The summed E-state index contributed by atoms with van der Waals surface area (Å²) in [4.78, 5) is 0. The molecule has 1 fully saturated rings. The Bertz CT molecular complexity index is 405. The van der Waals surface area contributed by atoms with Gasteiger partial charge in [-0.15, -0.1) is 0 Å². The fourth-order valence-corrected chi connectivity index (χ4v) is 2.71. The fourth-order valence-electron chi connectivity index (χ4n) is 2.37. The predicted octanol–water partition coefficient (Wildman–Crippen LogP) is 3.68. The Hall–Kier alpha value is -0.580. The summed E-state index contributed by atoms with van der Waals surface area (Å²) in [6, 6.07) is 6.50. The van der Waals surface area contributed by atoms with Gasteiger partial charge in [-0.1, -0.05) is 28.9 Å². The summed E-state index contributed by atoms with van der Waals surface area (Å²) in [5, 5.41) is 3.42. The summed E-state index contributed by atoms with van der Waals surface area (Å²) < 4.78 is 12.6. The van der Waals surface area contributed by atoms with Crippen molar-refractivity contribution in [2.45, 2.75) is 38.8 Å². The summed E-state index contributed by atoms with van der Waals surface area (Å²) in [6.45, 7) is 6.73. The Labute approximate surface area is 123 Å². The van der Waals surface area contributed by atoms with E-state index in [-0.39, 0.29) is 12.1 Å². The molecule has 2 atom stereocenters. The number of benzene rings is 1. The van der Waals surface area contributed by atoms with Gasteiger partial charge >= 0.3 is 0 Å². The highest BCUT2D eigenvalue weighted by Gasteiger charge is 2.18. The van der Waals surface area contributed by atoms with Crippen LogP contribution >= 0.6 is 15.9 Å². The van der Waals surface area contributed by atoms with Gasteiger partial charge < -0.3 is 14.8 Å². The molecule has 1 aliphatic heterocycles. The van der Waals surface area contributed by atoms with Crippen molar-refractivity contribution in [3.8, 4) is 5.75 Å². The van der Waals surface area contributed by atoms with Crippen LogP contribution in [0.25, 0.3) is 0 Å². The molecule has 106 valence electrons. The monoisotopic (exact) mass is 327 g/mol. The van der Waals surface area contributed by atoms with Crippen molar-refractivity contribution in [3.63, 3.8) is 0 Å². The third-order valence-corrected chi connectivity index (χ3v) is 3.89. The molecule has 1 aliphatic rings. The molecular weight excluding hydrogens is 306 g/mol. The van der Waals surface area contributed by atoms with Crippen molar-refractivity contribution in [1.82, 2.24) is 5.32 Å². The molecule has 1 N–H and O–H groups in total. The molecule has 1 heterocycles. The van der Waals surface area contributed by atoms with E-state index in [0.717, 1.165) is 36.2 Å². The Morgan fingerprint density at radius 3 is 3.05 bits per heavy atom. The smallest absolute Gasteiger partial charge is 0.125 e. The zero-order chi connectivity index (χ0) is 13.7. The van der Waals surface area contributed by atoms with Gasteiger partial charge in [-0.3, -0.25) is 0 Å². The van der Waals surface area contributed by atoms with Crippen LogP contribution in [0.5, 0.6) is 5.75 Å². The maximum atomic E-state index is 5.97. The van der Waals surface area contributed by atoms with Gasteiger partial charge in [0.25, 0.3) is 0 Å². The quantitative estimate of drug-likeness (QED) is 0.864. The van der Waals surface area contributed by atoms with E-state index in [4.69, 9.17) is 9.47 Å². The second-order valence-corrected chi connectivity index (χ2v) is 5.82. The molecule has 0 radical (unpaired) electrons. The molecule has 0 aliphatic carbocycles. The summed E-state index contributed by atoms with van der Waals surface area (Å²) in [6.07, 6.45) is 2.50. The highest BCUT2D eigenvalue weighted by Crippen LogP contribution is 2.29. The third kappa shape index (κ3) is 4.20. The molecular formula is C15H22BrNO2. The summed E-state index contributed by atoms with van der Waals surface area (Å²) in [5.74, 6) is 0.943. The van der Waals surface area contributed by atoms with Crippen molar-refractivity contribution in [2.75, 3.05) is 19.8 Å². The molecule has 2 unspecified atom stereocenters. The largest absolute Gasteiger partial charge is 0.490 e. The van der Waals surface area contributed by atoms with Gasteiger partial charge in [0.05, 0.1) is 6.10 Å². The van der Waals surface area contributed by atoms with Crippen molar-refractivity contribution < 1.29 is 9.47 Å². The molecule has 0 spiro atoms.